The molecule has 0 radical (unpaired) electrons. The highest BCUT2D eigenvalue weighted by molar-refractivity contribution is 6.08. The molecule has 2 heterocycles. The highest BCUT2D eigenvalue weighted by Crippen LogP contribution is 2.33. The average molecular weight is 359 g/mol. The van der Waals surface area contributed by atoms with Crippen LogP contribution < -0.4 is 25.4 Å². The van der Waals surface area contributed by atoms with Crippen molar-refractivity contribution in [3.63, 3.8) is 0 Å². The summed E-state index contributed by atoms with van der Waals surface area (Å²) in [5.41, 5.74) is 0.599. The zero-order valence-corrected chi connectivity index (χ0v) is 14.6. The Kier molecular flexibility index (Phi) is 5.43. The van der Waals surface area contributed by atoms with Crippen LogP contribution in [0.15, 0.2) is 34.9 Å². The van der Waals surface area contributed by atoms with Crippen molar-refractivity contribution in [2.75, 3.05) is 32.6 Å². The lowest BCUT2D eigenvalue weighted by molar-refractivity contribution is 0.0940. The van der Waals surface area contributed by atoms with Crippen LogP contribution in [0.4, 0.5) is 5.69 Å². The molecule has 1 saturated heterocycles. The van der Waals surface area contributed by atoms with Crippen LogP contribution in [0.2, 0.25) is 0 Å². The molecule has 2 amide bonds. The van der Waals surface area contributed by atoms with Gasteiger partial charge in [-0.3, -0.25) is 9.59 Å². The molecule has 8 nitrogen and oxygen atoms in total. The van der Waals surface area contributed by atoms with Crippen LogP contribution in [0.5, 0.6) is 11.5 Å². The summed E-state index contributed by atoms with van der Waals surface area (Å²) in [6.07, 6.45) is 2.26. The van der Waals surface area contributed by atoms with Crippen LogP contribution in [0, 0.1) is 0 Å². The lowest BCUT2D eigenvalue weighted by atomic mass is 10.1. The Morgan fingerprint density at radius 2 is 1.96 bits per heavy atom. The lowest BCUT2D eigenvalue weighted by Gasteiger charge is -2.17. The molecule has 0 bridgehead atoms. The first-order valence-corrected chi connectivity index (χ1v) is 8.25. The van der Waals surface area contributed by atoms with Gasteiger partial charge in [-0.25, -0.2) is 0 Å². The number of amides is 2. The second-order valence-corrected chi connectivity index (χ2v) is 5.85. The topological polar surface area (TPSA) is 102 Å². The van der Waals surface area contributed by atoms with Crippen molar-refractivity contribution in [1.82, 2.24) is 10.6 Å². The predicted octanol–water partition coefficient (Wildman–Crippen LogP) is 1.64. The van der Waals surface area contributed by atoms with E-state index >= 15 is 0 Å². The molecular weight excluding hydrogens is 338 g/mol. The summed E-state index contributed by atoms with van der Waals surface area (Å²) >= 11 is 0. The fourth-order valence-corrected chi connectivity index (χ4v) is 2.80. The molecule has 0 aliphatic carbocycles. The number of furan rings is 1. The summed E-state index contributed by atoms with van der Waals surface area (Å²) in [4.78, 5) is 25.1. The number of carbonyl (C=O) groups is 2. The van der Waals surface area contributed by atoms with Gasteiger partial charge in [0.15, 0.2) is 17.3 Å². The van der Waals surface area contributed by atoms with E-state index in [4.69, 9.17) is 13.9 Å². The largest absolute Gasteiger partial charge is 0.493 e. The quantitative estimate of drug-likeness (QED) is 0.725. The first kappa shape index (κ1) is 17.8. The Hall–Kier alpha value is -3.00. The van der Waals surface area contributed by atoms with Gasteiger partial charge in [0.2, 0.25) is 0 Å². The van der Waals surface area contributed by atoms with Crippen molar-refractivity contribution in [3.8, 4) is 11.5 Å². The Balaban J connectivity index is 1.91. The minimum Gasteiger partial charge on any atom is -0.493 e. The highest BCUT2D eigenvalue weighted by Gasteiger charge is 2.23. The summed E-state index contributed by atoms with van der Waals surface area (Å²) in [5.74, 6) is 0.193. The first-order chi connectivity index (χ1) is 12.6. The molecule has 1 unspecified atom stereocenters. The number of carbonyl (C=O) groups excluding carboxylic acids is 2. The SMILES string of the molecule is COc1cc(NC(=O)c2ccco2)c(C(=O)NC2CCNC2)cc1OC. The van der Waals surface area contributed by atoms with Gasteiger partial charge in [0, 0.05) is 18.7 Å². The molecule has 2 aromatic rings. The third-order valence-corrected chi connectivity index (χ3v) is 4.16. The third kappa shape index (κ3) is 3.80. The number of nitrogens with one attached hydrogen (secondary N) is 3. The van der Waals surface area contributed by atoms with E-state index in [0.29, 0.717) is 23.7 Å². The van der Waals surface area contributed by atoms with E-state index in [-0.39, 0.29) is 23.3 Å². The maximum Gasteiger partial charge on any atom is 0.291 e. The molecule has 1 atom stereocenters. The van der Waals surface area contributed by atoms with Crippen LogP contribution in [0.25, 0.3) is 0 Å². The summed E-state index contributed by atoms with van der Waals surface area (Å²) in [6.45, 7) is 1.58. The second-order valence-electron chi connectivity index (χ2n) is 5.85. The van der Waals surface area contributed by atoms with Crippen LogP contribution in [0.1, 0.15) is 27.3 Å². The molecule has 3 N–H and O–H groups in total. The van der Waals surface area contributed by atoms with E-state index < -0.39 is 5.91 Å². The van der Waals surface area contributed by atoms with E-state index in [0.717, 1.165) is 13.0 Å². The summed E-state index contributed by atoms with van der Waals surface area (Å²) < 4.78 is 15.7. The number of ether oxygens (including phenoxy) is 2. The number of rotatable bonds is 6. The van der Waals surface area contributed by atoms with Gasteiger partial charge in [-0.2, -0.15) is 0 Å². The molecule has 1 aliphatic rings. The molecule has 8 heteroatoms. The minimum absolute atomic E-state index is 0.0456. The number of anilines is 1. The number of methoxy groups -OCH3 is 2. The number of hydrogen-bond acceptors (Lipinski definition) is 6. The Labute approximate surface area is 150 Å². The number of hydrogen-bond donors (Lipinski definition) is 3. The van der Waals surface area contributed by atoms with Crippen LogP contribution in [-0.4, -0.2) is 45.2 Å². The van der Waals surface area contributed by atoms with Crippen molar-refractivity contribution in [3.05, 3.63) is 41.9 Å². The zero-order valence-electron chi connectivity index (χ0n) is 14.6. The van der Waals surface area contributed by atoms with Gasteiger partial charge in [-0.05, 0) is 31.2 Å². The lowest BCUT2D eigenvalue weighted by Crippen LogP contribution is -2.36. The van der Waals surface area contributed by atoms with Gasteiger partial charge >= 0.3 is 0 Å². The van der Waals surface area contributed by atoms with E-state index in [9.17, 15) is 9.59 Å². The van der Waals surface area contributed by atoms with Gasteiger partial charge in [0.1, 0.15) is 0 Å². The zero-order chi connectivity index (χ0) is 18.5. The van der Waals surface area contributed by atoms with Crippen molar-refractivity contribution in [1.29, 1.82) is 0 Å². The number of benzene rings is 1. The molecule has 138 valence electrons. The molecule has 3 rings (SSSR count). The molecule has 1 fully saturated rings. The predicted molar refractivity (Wildman–Crippen MR) is 94.9 cm³/mol. The van der Waals surface area contributed by atoms with Crippen molar-refractivity contribution in [2.45, 2.75) is 12.5 Å². The molecule has 1 aromatic heterocycles. The van der Waals surface area contributed by atoms with Crippen molar-refractivity contribution >= 4 is 17.5 Å². The van der Waals surface area contributed by atoms with E-state index in [2.05, 4.69) is 16.0 Å². The molecule has 1 aliphatic heterocycles. The molecule has 1 aromatic carbocycles. The summed E-state index contributed by atoms with van der Waals surface area (Å²) in [5, 5.41) is 8.85. The third-order valence-electron chi connectivity index (χ3n) is 4.16. The van der Waals surface area contributed by atoms with Crippen LogP contribution >= 0.6 is 0 Å². The summed E-state index contributed by atoms with van der Waals surface area (Å²) in [6, 6.07) is 6.31. The molecular formula is C18H21N3O5. The van der Waals surface area contributed by atoms with Gasteiger partial charge in [0.05, 0.1) is 31.7 Å². The summed E-state index contributed by atoms with van der Waals surface area (Å²) in [7, 11) is 2.97. The molecule has 26 heavy (non-hydrogen) atoms. The molecule has 0 saturated carbocycles. The minimum atomic E-state index is -0.459. The highest BCUT2D eigenvalue weighted by atomic mass is 16.5. The van der Waals surface area contributed by atoms with Gasteiger partial charge in [-0.15, -0.1) is 0 Å². The fraction of sp³-hybridized carbons (Fsp3) is 0.333. The van der Waals surface area contributed by atoms with Crippen molar-refractivity contribution < 1.29 is 23.5 Å². The maximum atomic E-state index is 12.7. The standard InChI is InChI=1S/C18H21N3O5/c1-24-15-8-12(17(22)20-11-5-6-19-10-11)13(9-16(15)25-2)21-18(23)14-4-3-7-26-14/h3-4,7-9,11,19H,5-6,10H2,1-2H3,(H,20,22)(H,21,23). The van der Waals surface area contributed by atoms with Gasteiger partial charge in [0.25, 0.3) is 11.8 Å². The Morgan fingerprint density at radius 3 is 2.58 bits per heavy atom. The second kappa shape index (κ2) is 7.92. The van der Waals surface area contributed by atoms with Gasteiger partial charge in [-0.1, -0.05) is 0 Å². The van der Waals surface area contributed by atoms with Gasteiger partial charge < -0.3 is 29.8 Å². The first-order valence-electron chi connectivity index (χ1n) is 8.25. The average Bonchev–Trinajstić information content (AvgIpc) is 3.35. The van der Waals surface area contributed by atoms with Crippen LogP contribution in [0.3, 0.4) is 0 Å². The molecule has 0 spiro atoms. The van der Waals surface area contributed by atoms with E-state index in [1.807, 2.05) is 0 Å². The maximum absolute atomic E-state index is 12.7. The Bertz CT molecular complexity index is 782. The normalized spacial score (nSPS) is 16.2. The van der Waals surface area contributed by atoms with Crippen molar-refractivity contribution in [2.24, 2.45) is 0 Å². The monoisotopic (exact) mass is 359 g/mol. The Morgan fingerprint density at radius 1 is 1.19 bits per heavy atom. The van der Waals surface area contributed by atoms with E-state index in [1.54, 1.807) is 24.3 Å². The fourth-order valence-electron chi connectivity index (χ4n) is 2.80. The smallest absolute Gasteiger partial charge is 0.291 e. The van der Waals surface area contributed by atoms with E-state index in [1.165, 1.54) is 20.5 Å². The van der Waals surface area contributed by atoms with Crippen LogP contribution in [-0.2, 0) is 0 Å².